The minimum Gasteiger partial charge on any atom is -0.494 e. The first kappa shape index (κ1) is 20.1. The van der Waals surface area contributed by atoms with Gasteiger partial charge in [-0.25, -0.2) is 0 Å². The number of amides is 1. The molecular weight excluding hydrogens is 350 g/mol. The Labute approximate surface area is 157 Å². The summed E-state index contributed by atoms with van der Waals surface area (Å²) < 4.78 is 15.9. The van der Waals surface area contributed by atoms with Crippen molar-refractivity contribution in [2.24, 2.45) is 0 Å². The van der Waals surface area contributed by atoms with Gasteiger partial charge < -0.3 is 24.6 Å². The lowest BCUT2D eigenvalue weighted by Gasteiger charge is -2.10. The van der Waals surface area contributed by atoms with Crippen molar-refractivity contribution in [3.05, 3.63) is 48.0 Å². The fraction of sp³-hybridized carbons (Fsp3) is 0.300. The number of hydrogen-bond donors (Lipinski definition) is 2. The second kappa shape index (κ2) is 10.1. The number of methoxy groups -OCH3 is 2. The van der Waals surface area contributed by atoms with Crippen molar-refractivity contribution in [2.45, 2.75) is 19.3 Å². The predicted molar refractivity (Wildman–Crippen MR) is 101 cm³/mol. The van der Waals surface area contributed by atoms with Gasteiger partial charge in [-0.3, -0.25) is 9.59 Å². The third kappa shape index (κ3) is 6.54. The third-order valence-corrected chi connectivity index (χ3v) is 3.75. The maximum atomic E-state index is 12.2. The fourth-order valence-corrected chi connectivity index (χ4v) is 2.43. The number of hydrogen-bond acceptors (Lipinski definition) is 5. The Morgan fingerprint density at radius 1 is 1.00 bits per heavy atom. The van der Waals surface area contributed by atoms with Gasteiger partial charge in [-0.1, -0.05) is 6.07 Å². The van der Waals surface area contributed by atoms with Gasteiger partial charge in [0.1, 0.15) is 5.75 Å². The first-order valence-corrected chi connectivity index (χ1v) is 8.47. The van der Waals surface area contributed by atoms with Crippen molar-refractivity contribution in [1.82, 2.24) is 0 Å². The van der Waals surface area contributed by atoms with Crippen LogP contribution in [-0.4, -0.2) is 37.8 Å². The predicted octanol–water partition coefficient (Wildman–Crippen LogP) is 3.13. The normalized spacial score (nSPS) is 10.1. The van der Waals surface area contributed by atoms with Gasteiger partial charge in [0, 0.05) is 12.1 Å². The van der Waals surface area contributed by atoms with Crippen LogP contribution in [0.15, 0.2) is 42.5 Å². The number of aliphatic carboxylic acids is 1. The minimum absolute atomic E-state index is 0.0737. The molecule has 2 rings (SSSR count). The molecule has 144 valence electrons. The van der Waals surface area contributed by atoms with Crippen LogP contribution in [0.4, 0.5) is 5.69 Å². The summed E-state index contributed by atoms with van der Waals surface area (Å²) in [5, 5.41) is 11.4. The standard InChI is InChI=1S/C20H23NO6/c1-25-17-10-5-14(12-18(17)26-2)13-19(22)21-15-6-8-16(9-7-15)27-11-3-4-20(23)24/h5-10,12H,3-4,11,13H2,1-2H3,(H,21,22)(H,23,24). The monoisotopic (exact) mass is 373 g/mol. The number of ether oxygens (including phenoxy) is 3. The highest BCUT2D eigenvalue weighted by molar-refractivity contribution is 5.92. The summed E-state index contributed by atoms with van der Waals surface area (Å²) in [5.74, 6) is 0.814. The van der Waals surface area contributed by atoms with Crippen molar-refractivity contribution < 1.29 is 28.9 Å². The van der Waals surface area contributed by atoms with Crippen LogP contribution in [-0.2, 0) is 16.0 Å². The molecule has 0 aliphatic heterocycles. The molecule has 0 aliphatic carbocycles. The molecule has 2 N–H and O–H groups in total. The number of rotatable bonds is 10. The third-order valence-electron chi connectivity index (χ3n) is 3.75. The zero-order chi connectivity index (χ0) is 19.6. The smallest absolute Gasteiger partial charge is 0.303 e. The molecule has 7 heteroatoms. The Morgan fingerprint density at radius 2 is 1.70 bits per heavy atom. The summed E-state index contributed by atoms with van der Waals surface area (Å²) in [6, 6.07) is 12.3. The van der Waals surface area contributed by atoms with Crippen LogP contribution >= 0.6 is 0 Å². The van der Waals surface area contributed by atoms with Crippen molar-refractivity contribution in [2.75, 3.05) is 26.1 Å². The molecule has 0 unspecified atom stereocenters. The molecule has 0 aliphatic rings. The second-order valence-electron chi connectivity index (χ2n) is 5.78. The fourth-order valence-electron chi connectivity index (χ4n) is 2.43. The number of benzene rings is 2. The molecule has 0 saturated heterocycles. The van der Waals surface area contributed by atoms with E-state index in [0.29, 0.717) is 36.0 Å². The topological polar surface area (TPSA) is 94.1 Å². The van der Waals surface area contributed by atoms with E-state index in [9.17, 15) is 9.59 Å². The summed E-state index contributed by atoms with van der Waals surface area (Å²) in [6.07, 6.45) is 0.719. The lowest BCUT2D eigenvalue weighted by molar-refractivity contribution is -0.137. The van der Waals surface area contributed by atoms with Crippen LogP contribution in [0.5, 0.6) is 17.2 Å². The molecule has 0 saturated carbocycles. The molecule has 27 heavy (non-hydrogen) atoms. The van der Waals surface area contributed by atoms with Crippen LogP contribution in [0.25, 0.3) is 0 Å². The maximum Gasteiger partial charge on any atom is 0.303 e. The van der Waals surface area contributed by atoms with E-state index in [-0.39, 0.29) is 18.7 Å². The van der Waals surface area contributed by atoms with Gasteiger partial charge in [-0.15, -0.1) is 0 Å². The zero-order valence-electron chi connectivity index (χ0n) is 15.4. The highest BCUT2D eigenvalue weighted by atomic mass is 16.5. The Hall–Kier alpha value is -3.22. The lowest BCUT2D eigenvalue weighted by Crippen LogP contribution is -2.14. The van der Waals surface area contributed by atoms with E-state index in [2.05, 4.69) is 5.32 Å². The van der Waals surface area contributed by atoms with Crippen molar-refractivity contribution in [3.8, 4) is 17.2 Å². The molecular formula is C20H23NO6. The van der Waals surface area contributed by atoms with Gasteiger partial charge in [0.05, 0.1) is 27.2 Å². The molecule has 0 aromatic heterocycles. The van der Waals surface area contributed by atoms with E-state index >= 15 is 0 Å². The highest BCUT2D eigenvalue weighted by Crippen LogP contribution is 2.27. The number of carboxylic acid groups (broad SMARTS) is 1. The second-order valence-corrected chi connectivity index (χ2v) is 5.78. The molecule has 2 aromatic rings. The van der Waals surface area contributed by atoms with Crippen LogP contribution in [0, 0.1) is 0 Å². The van der Waals surface area contributed by atoms with E-state index in [1.165, 1.54) is 0 Å². The van der Waals surface area contributed by atoms with Crippen molar-refractivity contribution >= 4 is 17.6 Å². The van der Waals surface area contributed by atoms with Crippen LogP contribution in [0.3, 0.4) is 0 Å². The number of nitrogens with one attached hydrogen (secondary N) is 1. The summed E-state index contributed by atoms with van der Waals surface area (Å²) >= 11 is 0. The summed E-state index contributed by atoms with van der Waals surface area (Å²) in [5.41, 5.74) is 1.46. The Balaban J connectivity index is 1.86. The number of carbonyl (C=O) groups is 2. The molecule has 0 atom stereocenters. The Kier molecular flexibility index (Phi) is 7.49. The van der Waals surface area contributed by atoms with Gasteiger partial charge in [0.2, 0.25) is 5.91 Å². The lowest BCUT2D eigenvalue weighted by atomic mass is 10.1. The zero-order valence-corrected chi connectivity index (χ0v) is 15.4. The summed E-state index contributed by atoms with van der Waals surface area (Å²) in [6.45, 7) is 0.331. The van der Waals surface area contributed by atoms with E-state index in [4.69, 9.17) is 19.3 Å². The van der Waals surface area contributed by atoms with Gasteiger partial charge >= 0.3 is 5.97 Å². The molecule has 0 spiro atoms. The quantitative estimate of drug-likeness (QED) is 0.622. The van der Waals surface area contributed by atoms with E-state index < -0.39 is 5.97 Å². The molecule has 0 radical (unpaired) electrons. The van der Waals surface area contributed by atoms with Gasteiger partial charge in [0.15, 0.2) is 11.5 Å². The number of anilines is 1. The van der Waals surface area contributed by atoms with Gasteiger partial charge in [-0.2, -0.15) is 0 Å². The molecule has 0 heterocycles. The van der Waals surface area contributed by atoms with Crippen LogP contribution < -0.4 is 19.5 Å². The Morgan fingerprint density at radius 3 is 2.33 bits per heavy atom. The summed E-state index contributed by atoms with van der Waals surface area (Å²) in [4.78, 5) is 22.7. The van der Waals surface area contributed by atoms with Crippen LogP contribution in [0.1, 0.15) is 18.4 Å². The van der Waals surface area contributed by atoms with E-state index in [1.807, 2.05) is 6.07 Å². The summed E-state index contributed by atoms with van der Waals surface area (Å²) in [7, 11) is 3.11. The first-order chi connectivity index (χ1) is 13.0. The van der Waals surface area contributed by atoms with E-state index in [1.54, 1.807) is 50.6 Å². The Bertz CT molecular complexity index is 773. The molecule has 2 aromatic carbocycles. The number of carbonyl (C=O) groups excluding carboxylic acids is 1. The van der Waals surface area contributed by atoms with Gasteiger partial charge in [0.25, 0.3) is 0 Å². The first-order valence-electron chi connectivity index (χ1n) is 8.47. The average Bonchev–Trinajstić information content (AvgIpc) is 2.66. The molecule has 0 bridgehead atoms. The molecule has 7 nitrogen and oxygen atoms in total. The maximum absolute atomic E-state index is 12.2. The largest absolute Gasteiger partial charge is 0.494 e. The van der Waals surface area contributed by atoms with Crippen LogP contribution in [0.2, 0.25) is 0 Å². The molecule has 0 fully saturated rings. The van der Waals surface area contributed by atoms with Gasteiger partial charge in [-0.05, 0) is 48.4 Å². The SMILES string of the molecule is COc1ccc(CC(=O)Nc2ccc(OCCCC(=O)O)cc2)cc1OC. The van der Waals surface area contributed by atoms with Crippen molar-refractivity contribution in [1.29, 1.82) is 0 Å². The average molecular weight is 373 g/mol. The van der Waals surface area contributed by atoms with E-state index in [0.717, 1.165) is 5.56 Å². The van der Waals surface area contributed by atoms with Crippen molar-refractivity contribution in [3.63, 3.8) is 0 Å². The number of carboxylic acids is 1. The highest BCUT2D eigenvalue weighted by Gasteiger charge is 2.09. The minimum atomic E-state index is -0.842. The molecule has 1 amide bonds.